The van der Waals surface area contributed by atoms with Crippen LogP contribution in [0.2, 0.25) is 0 Å². The number of rotatable bonds is 9. The number of fused-ring (bicyclic) bond motifs is 1. The van der Waals surface area contributed by atoms with E-state index in [0.717, 1.165) is 75.1 Å². The van der Waals surface area contributed by atoms with Gasteiger partial charge in [0.25, 0.3) is 0 Å². The van der Waals surface area contributed by atoms with Gasteiger partial charge >= 0.3 is 0 Å². The zero-order valence-corrected chi connectivity index (χ0v) is 16.3. The van der Waals surface area contributed by atoms with E-state index in [2.05, 4.69) is 27.6 Å². The standard InChI is InChI=1S/C19H30N6O2/c1-3-4-10-20-19(21-11-9-16-6-5-12-27-16)22-15-7-8-18-23-17(14-26-2)24-25(18)13-15/h5-6,12,15H,3-4,7-11,13-14H2,1-2H3,(H2,20,21,22). The Morgan fingerprint density at radius 3 is 3.19 bits per heavy atom. The number of nitrogens with zero attached hydrogens (tertiary/aromatic N) is 4. The lowest BCUT2D eigenvalue weighted by Crippen LogP contribution is -2.47. The monoisotopic (exact) mass is 374 g/mol. The summed E-state index contributed by atoms with van der Waals surface area (Å²) in [4.78, 5) is 9.25. The summed E-state index contributed by atoms with van der Waals surface area (Å²) in [5.74, 6) is 3.63. The number of aliphatic imine (C=N–C) groups is 1. The number of ether oxygens (including phenoxy) is 1. The molecule has 27 heavy (non-hydrogen) atoms. The minimum absolute atomic E-state index is 0.283. The van der Waals surface area contributed by atoms with E-state index in [-0.39, 0.29) is 6.04 Å². The predicted octanol–water partition coefficient (Wildman–Crippen LogP) is 1.91. The van der Waals surface area contributed by atoms with Crippen LogP contribution in [0.4, 0.5) is 0 Å². The van der Waals surface area contributed by atoms with Gasteiger partial charge < -0.3 is 19.8 Å². The van der Waals surface area contributed by atoms with Crippen molar-refractivity contribution in [3.8, 4) is 0 Å². The molecule has 1 unspecified atom stereocenters. The molecular formula is C19H30N6O2. The van der Waals surface area contributed by atoms with Gasteiger partial charge in [0, 0.05) is 39.1 Å². The van der Waals surface area contributed by atoms with Gasteiger partial charge in [-0.25, -0.2) is 9.67 Å². The Bertz CT molecular complexity index is 710. The maximum Gasteiger partial charge on any atom is 0.191 e. The quantitative estimate of drug-likeness (QED) is 0.396. The average Bonchev–Trinajstić information content (AvgIpc) is 3.31. The number of hydrogen-bond donors (Lipinski definition) is 2. The lowest BCUT2D eigenvalue weighted by Gasteiger charge is -2.25. The van der Waals surface area contributed by atoms with Crippen LogP contribution in [0, 0.1) is 0 Å². The fourth-order valence-electron chi connectivity index (χ4n) is 3.12. The van der Waals surface area contributed by atoms with E-state index in [9.17, 15) is 0 Å². The molecule has 1 atom stereocenters. The Morgan fingerprint density at radius 2 is 2.41 bits per heavy atom. The third kappa shape index (κ3) is 5.82. The SMILES string of the molecule is CCCCN=C(NCCc1ccco1)NC1CCc2nc(COC)nn2C1. The Hall–Kier alpha value is -2.35. The van der Waals surface area contributed by atoms with Crippen LogP contribution in [0.3, 0.4) is 0 Å². The van der Waals surface area contributed by atoms with Crippen molar-refractivity contribution in [3.63, 3.8) is 0 Å². The molecule has 1 aliphatic heterocycles. The van der Waals surface area contributed by atoms with Crippen LogP contribution < -0.4 is 10.6 Å². The molecular weight excluding hydrogens is 344 g/mol. The highest BCUT2D eigenvalue weighted by atomic mass is 16.5. The number of furan rings is 1. The van der Waals surface area contributed by atoms with Gasteiger partial charge in [-0.05, 0) is 25.0 Å². The third-order valence-corrected chi connectivity index (χ3v) is 4.54. The van der Waals surface area contributed by atoms with Gasteiger partial charge in [-0.2, -0.15) is 5.10 Å². The molecule has 8 nitrogen and oxygen atoms in total. The van der Waals surface area contributed by atoms with Crippen molar-refractivity contribution in [1.29, 1.82) is 0 Å². The molecule has 8 heteroatoms. The lowest BCUT2D eigenvalue weighted by atomic mass is 10.1. The number of aromatic nitrogens is 3. The summed E-state index contributed by atoms with van der Waals surface area (Å²) < 4.78 is 12.5. The van der Waals surface area contributed by atoms with Gasteiger partial charge in [-0.3, -0.25) is 4.99 Å². The highest BCUT2D eigenvalue weighted by Crippen LogP contribution is 2.13. The van der Waals surface area contributed by atoms with Crippen LogP contribution in [0.15, 0.2) is 27.8 Å². The molecule has 3 heterocycles. The smallest absolute Gasteiger partial charge is 0.191 e. The van der Waals surface area contributed by atoms with E-state index in [0.29, 0.717) is 6.61 Å². The predicted molar refractivity (Wildman–Crippen MR) is 104 cm³/mol. The van der Waals surface area contributed by atoms with Gasteiger partial charge in [0.2, 0.25) is 0 Å². The molecule has 2 aromatic heterocycles. The van der Waals surface area contributed by atoms with Crippen molar-refractivity contribution in [2.24, 2.45) is 4.99 Å². The van der Waals surface area contributed by atoms with Crippen LogP contribution in [0.1, 0.15) is 43.6 Å². The summed E-state index contributed by atoms with van der Waals surface area (Å²) in [5.41, 5.74) is 0. The topological polar surface area (TPSA) is 89.5 Å². The fourth-order valence-corrected chi connectivity index (χ4v) is 3.12. The molecule has 2 N–H and O–H groups in total. The van der Waals surface area contributed by atoms with Crippen molar-refractivity contribution in [2.75, 3.05) is 20.2 Å². The Morgan fingerprint density at radius 1 is 1.48 bits per heavy atom. The molecule has 0 bridgehead atoms. The molecule has 0 spiro atoms. The maximum atomic E-state index is 5.40. The van der Waals surface area contributed by atoms with Crippen molar-refractivity contribution in [1.82, 2.24) is 25.4 Å². The molecule has 0 radical (unpaired) electrons. The molecule has 0 fully saturated rings. The third-order valence-electron chi connectivity index (χ3n) is 4.54. The fraction of sp³-hybridized carbons (Fsp3) is 0.632. The molecule has 1 aliphatic rings. The molecule has 0 saturated heterocycles. The van der Waals surface area contributed by atoms with E-state index < -0.39 is 0 Å². The van der Waals surface area contributed by atoms with Crippen molar-refractivity contribution < 1.29 is 9.15 Å². The van der Waals surface area contributed by atoms with Gasteiger partial charge in [-0.15, -0.1) is 0 Å². The number of hydrogen-bond acceptors (Lipinski definition) is 5. The van der Waals surface area contributed by atoms with Crippen molar-refractivity contribution in [3.05, 3.63) is 35.8 Å². The summed E-state index contributed by atoms with van der Waals surface area (Å²) in [5, 5.41) is 11.5. The lowest BCUT2D eigenvalue weighted by molar-refractivity contribution is 0.177. The van der Waals surface area contributed by atoms with Crippen LogP contribution in [-0.2, 0) is 30.7 Å². The van der Waals surface area contributed by atoms with Crippen LogP contribution in [0.5, 0.6) is 0 Å². The Labute approximate surface area is 160 Å². The van der Waals surface area contributed by atoms with Gasteiger partial charge in [0.1, 0.15) is 18.2 Å². The Balaban J connectivity index is 1.55. The van der Waals surface area contributed by atoms with Gasteiger partial charge in [0.05, 0.1) is 12.8 Å². The van der Waals surface area contributed by atoms with E-state index in [1.165, 1.54) is 0 Å². The van der Waals surface area contributed by atoms with Crippen LogP contribution in [-0.4, -0.2) is 47.0 Å². The number of guanidine groups is 1. The molecule has 0 aromatic carbocycles. The second-order valence-corrected chi connectivity index (χ2v) is 6.78. The molecule has 3 rings (SSSR count). The molecule has 0 saturated carbocycles. The minimum atomic E-state index is 0.283. The first-order chi connectivity index (χ1) is 13.3. The highest BCUT2D eigenvalue weighted by Gasteiger charge is 2.22. The first kappa shape index (κ1) is 19.4. The summed E-state index contributed by atoms with van der Waals surface area (Å²) in [6.07, 6.45) is 6.68. The number of aryl methyl sites for hydroxylation is 1. The molecule has 2 aromatic rings. The zero-order valence-electron chi connectivity index (χ0n) is 16.3. The first-order valence-electron chi connectivity index (χ1n) is 9.77. The average molecular weight is 374 g/mol. The highest BCUT2D eigenvalue weighted by molar-refractivity contribution is 5.80. The molecule has 148 valence electrons. The molecule has 0 amide bonds. The maximum absolute atomic E-state index is 5.40. The second-order valence-electron chi connectivity index (χ2n) is 6.78. The number of nitrogens with one attached hydrogen (secondary N) is 2. The minimum Gasteiger partial charge on any atom is -0.469 e. The summed E-state index contributed by atoms with van der Waals surface area (Å²) in [7, 11) is 1.66. The zero-order chi connectivity index (χ0) is 18.9. The number of unbranched alkanes of at least 4 members (excludes halogenated alkanes) is 1. The van der Waals surface area contributed by atoms with Gasteiger partial charge in [-0.1, -0.05) is 13.3 Å². The normalized spacial score (nSPS) is 17.0. The Kier molecular flexibility index (Phi) is 7.27. The van der Waals surface area contributed by atoms with Crippen LogP contribution >= 0.6 is 0 Å². The van der Waals surface area contributed by atoms with Crippen molar-refractivity contribution >= 4 is 5.96 Å². The van der Waals surface area contributed by atoms with E-state index in [4.69, 9.17) is 14.1 Å². The summed E-state index contributed by atoms with van der Waals surface area (Å²) >= 11 is 0. The van der Waals surface area contributed by atoms with Gasteiger partial charge in [0.15, 0.2) is 11.8 Å². The van der Waals surface area contributed by atoms with E-state index in [1.54, 1.807) is 13.4 Å². The van der Waals surface area contributed by atoms with E-state index >= 15 is 0 Å². The first-order valence-corrected chi connectivity index (χ1v) is 9.77. The largest absolute Gasteiger partial charge is 0.469 e. The summed E-state index contributed by atoms with van der Waals surface area (Å²) in [6, 6.07) is 4.19. The summed E-state index contributed by atoms with van der Waals surface area (Å²) in [6.45, 7) is 5.03. The van der Waals surface area contributed by atoms with E-state index in [1.807, 2.05) is 16.8 Å². The van der Waals surface area contributed by atoms with Crippen LogP contribution in [0.25, 0.3) is 0 Å². The number of methoxy groups -OCH3 is 1. The second kappa shape index (κ2) is 10.1. The molecule has 0 aliphatic carbocycles. The van der Waals surface area contributed by atoms with Crippen molar-refractivity contribution in [2.45, 2.75) is 58.2 Å².